The molecule has 2 unspecified atom stereocenters. The molecule has 0 aliphatic carbocycles. The van der Waals surface area contributed by atoms with Gasteiger partial charge in [0, 0.05) is 36.7 Å². The lowest BCUT2D eigenvalue weighted by atomic mass is 9.96. The lowest BCUT2D eigenvalue weighted by Crippen LogP contribution is -2.40. The highest BCUT2D eigenvalue weighted by Gasteiger charge is 2.30. The van der Waals surface area contributed by atoms with Crippen LogP contribution in [0.1, 0.15) is 19.4 Å². The van der Waals surface area contributed by atoms with Crippen molar-refractivity contribution in [1.29, 1.82) is 0 Å². The lowest BCUT2D eigenvalue weighted by Gasteiger charge is -2.24. The topological polar surface area (TPSA) is 56.4 Å². The summed E-state index contributed by atoms with van der Waals surface area (Å²) in [6.07, 6.45) is 0. The molecule has 3 N–H and O–H groups in total. The van der Waals surface area contributed by atoms with E-state index >= 15 is 0 Å². The minimum absolute atomic E-state index is 0.0926. The molecule has 0 radical (unpaired) electrons. The average Bonchev–Trinajstić information content (AvgIpc) is 2.78. The highest BCUT2D eigenvalue weighted by molar-refractivity contribution is 5.77. The smallest absolute Gasteiger partial charge is 0.234 e. The maximum atomic E-state index is 13.5. The molecule has 0 bridgehead atoms. The molecule has 0 saturated carbocycles. The number of rotatable bonds is 6. The Morgan fingerprint density at radius 3 is 2.55 bits per heavy atom. The van der Waals surface area contributed by atoms with Crippen LogP contribution >= 0.6 is 0 Å². The molecule has 2 rings (SSSR count). The fourth-order valence-corrected chi connectivity index (χ4v) is 2.79. The van der Waals surface area contributed by atoms with E-state index in [0.29, 0.717) is 30.1 Å². The molecule has 2 atom stereocenters. The number of hydrogen-bond donors (Lipinski definition) is 3. The van der Waals surface area contributed by atoms with Crippen molar-refractivity contribution in [1.82, 2.24) is 21.1 Å². The van der Waals surface area contributed by atoms with Gasteiger partial charge in [-0.2, -0.15) is 0 Å². The van der Waals surface area contributed by atoms with Gasteiger partial charge < -0.3 is 5.32 Å². The summed E-state index contributed by atoms with van der Waals surface area (Å²) in [6.45, 7) is 5.62. The lowest BCUT2D eigenvalue weighted by molar-refractivity contribution is -0.122. The second-order valence-electron chi connectivity index (χ2n) is 6.09. The van der Waals surface area contributed by atoms with E-state index in [-0.39, 0.29) is 18.3 Å². The summed E-state index contributed by atoms with van der Waals surface area (Å²) in [6, 6.07) is 7.23. The van der Waals surface area contributed by atoms with Crippen molar-refractivity contribution in [2.45, 2.75) is 32.5 Å². The molecular formula is C16H25FN4O. The van der Waals surface area contributed by atoms with E-state index in [1.54, 1.807) is 18.2 Å². The Morgan fingerprint density at radius 1 is 1.27 bits per heavy atom. The van der Waals surface area contributed by atoms with Crippen LogP contribution in [0.25, 0.3) is 0 Å². The minimum atomic E-state index is -0.290. The number of halogens is 1. The van der Waals surface area contributed by atoms with Gasteiger partial charge in [0.15, 0.2) is 0 Å². The van der Waals surface area contributed by atoms with E-state index in [4.69, 9.17) is 0 Å². The second-order valence-corrected chi connectivity index (χ2v) is 6.09. The van der Waals surface area contributed by atoms with Crippen molar-refractivity contribution < 1.29 is 9.18 Å². The third-order valence-electron chi connectivity index (χ3n) is 4.19. The third kappa shape index (κ3) is 4.50. The van der Waals surface area contributed by atoms with Crippen LogP contribution in [0.15, 0.2) is 24.3 Å². The Bertz CT molecular complexity index is 501. The van der Waals surface area contributed by atoms with Crippen molar-refractivity contribution >= 4 is 5.91 Å². The number of carbonyl (C=O) groups is 1. The fraction of sp³-hybridized carbons (Fsp3) is 0.562. The summed E-state index contributed by atoms with van der Waals surface area (Å²) in [7, 11) is 1.93. The zero-order chi connectivity index (χ0) is 16.1. The Balaban J connectivity index is 1.76. The predicted molar refractivity (Wildman–Crippen MR) is 84.4 cm³/mol. The molecule has 1 aliphatic heterocycles. The van der Waals surface area contributed by atoms with Crippen molar-refractivity contribution in [2.75, 3.05) is 20.1 Å². The summed E-state index contributed by atoms with van der Waals surface area (Å²) in [5.41, 5.74) is 6.93. The second kappa shape index (κ2) is 7.67. The SMILES string of the molecule is CC1NNC(C)C1CN(C)CC(=O)NCc1ccccc1F. The van der Waals surface area contributed by atoms with Gasteiger partial charge in [0.25, 0.3) is 0 Å². The number of nitrogens with zero attached hydrogens (tertiary/aromatic N) is 1. The predicted octanol–water partition coefficient (Wildman–Crippen LogP) is 0.875. The van der Waals surface area contributed by atoms with Gasteiger partial charge >= 0.3 is 0 Å². The first kappa shape index (κ1) is 16.9. The number of carbonyl (C=O) groups excluding carboxylic acids is 1. The van der Waals surface area contributed by atoms with E-state index in [9.17, 15) is 9.18 Å². The van der Waals surface area contributed by atoms with Crippen LogP contribution in [0, 0.1) is 11.7 Å². The average molecular weight is 308 g/mol. The van der Waals surface area contributed by atoms with Gasteiger partial charge in [0.2, 0.25) is 5.91 Å². The number of hydrogen-bond acceptors (Lipinski definition) is 4. The van der Waals surface area contributed by atoms with Crippen LogP contribution in [0.2, 0.25) is 0 Å². The van der Waals surface area contributed by atoms with Crippen molar-refractivity contribution in [3.8, 4) is 0 Å². The fourth-order valence-electron chi connectivity index (χ4n) is 2.79. The van der Waals surface area contributed by atoms with Gasteiger partial charge in [-0.15, -0.1) is 0 Å². The van der Waals surface area contributed by atoms with Crippen LogP contribution in [0.3, 0.4) is 0 Å². The first-order valence-corrected chi connectivity index (χ1v) is 7.67. The molecule has 5 nitrogen and oxygen atoms in total. The molecule has 1 heterocycles. The Kier molecular flexibility index (Phi) is 5.88. The normalized spacial score (nSPS) is 24.7. The van der Waals surface area contributed by atoms with Gasteiger partial charge in [-0.25, -0.2) is 4.39 Å². The largest absolute Gasteiger partial charge is 0.351 e. The molecule has 1 aromatic carbocycles. The highest BCUT2D eigenvalue weighted by atomic mass is 19.1. The van der Waals surface area contributed by atoms with Crippen LogP contribution < -0.4 is 16.2 Å². The number of benzene rings is 1. The quantitative estimate of drug-likeness (QED) is 0.730. The summed E-state index contributed by atoms with van der Waals surface area (Å²) in [5, 5.41) is 2.77. The highest BCUT2D eigenvalue weighted by Crippen LogP contribution is 2.15. The van der Waals surface area contributed by atoms with Crippen LogP contribution in [-0.4, -0.2) is 43.0 Å². The molecular weight excluding hydrogens is 283 g/mol. The zero-order valence-electron chi connectivity index (χ0n) is 13.4. The molecule has 0 aromatic heterocycles. The Hall–Kier alpha value is -1.50. The van der Waals surface area contributed by atoms with Crippen LogP contribution in [-0.2, 0) is 11.3 Å². The van der Waals surface area contributed by atoms with E-state index in [1.165, 1.54) is 6.07 Å². The van der Waals surface area contributed by atoms with Crippen molar-refractivity contribution in [3.05, 3.63) is 35.6 Å². The molecule has 0 spiro atoms. The zero-order valence-corrected chi connectivity index (χ0v) is 13.4. The number of amides is 1. The molecule has 22 heavy (non-hydrogen) atoms. The summed E-state index contributed by atoms with van der Waals surface area (Å²) in [5.74, 6) is 0.0660. The van der Waals surface area contributed by atoms with E-state index in [1.807, 2.05) is 11.9 Å². The first-order valence-electron chi connectivity index (χ1n) is 7.67. The molecule has 6 heteroatoms. The Morgan fingerprint density at radius 2 is 1.91 bits per heavy atom. The maximum absolute atomic E-state index is 13.5. The summed E-state index contributed by atoms with van der Waals surface area (Å²) in [4.78, 5) is 14.0. The van der Waals surface area contributed by atoms with E-state index in [2.05, 4.69) is 30.0 Å². The monoisotopic (exact) mass is 308 g/mol. The van der Waals surface area contributed by atoms with Crippen molar-refractivity contribution in [3.63, 3.8) is 0 Å². The van der Waals surface area contributed by atoms with E-state index < -0.39 is 0 Å². The van der Waals surface area contributed by atoms with Gasteiger partial charge in [0.1, 0.15) is 5.82 Å². The maximum Gasteiger partial charge on any atom is 0.234 e. The molecule has 1 saturated heterocycles. The first-order chi connectivity index (χ1) is 10.5. The third-order valence-corrected chi connectivity index (χ3v) is 4.19. The van der Waals surface area contributed by atoms with Crippen LogP contribution in [0.4, 0.5) is 4.39 Å². The number of hydrazine groups is 1. The summed E-state index contributed by atoms with van der Waals surface area (Å²) >= 11 is 0. The van der Waals surface area contributed by atoms with Gasteiger partial charge in [-0.3, -0.25) is 20.5 Å². The van der Waals surface area contributed by atoms with Gasteiger partial charge in [-0.1, -0.05) is 18.2 Å². The summed E-state index contributed by atoms with van der Waals surface area (Å²) < 4.78 is 13.5. The van der Waals surface area contributed by atoms with Gasteiger partial charge in [0.05, 0.1) is 6.54 Å². The molecule has 1 amide bonds. The molecule has 1 aliphatic rings. The van der Waals surface area contributed by atoms with Crippen molar-refractivity contribution in [2.24, 2.45) is 5.92 Å². The standard InChI is InChI=1S/C16H25FN4O/c1-11-14(12(2)20-19-11)9-21(3)10-16(22)18-8-13-6-4-5-7-15(13)17/h4-7,11-12,14,19-20H,8-10H2,1-3H3,(H,18,22). The molecule has 122 valence electrons. The molecule has 1 aromatic rings. The van der Waals surface area contributed by atoms with Crippen LogP contribution in [0.5, 0.6) is 0 Å². The van der Waals surface area contributed by atoms with E-state index in [0.717, 1.165) is 6.54 Å². The number of likely N-dealkylation sites (N-methyl/N-ethyl adjacent to an activating group) is 1. The Labute approximate surface area is 131 Å². The molecule has 1 fully saturated rings. The number of nitrogens with one attached hydrogen (secondary N) is 3. The van der Waals surface area contributed by atoms with Gasteiger partial charge in [-0.05, 0) is 27.0 Å². The minimum Gasteiger partial charge on any atom is -0.351 e.